The van der Waals surface area contributed by atoms with Crippen molar-refractivity contribution in [3.63, 3.8) is 0 Å². The second kappa shape index (κ2) is 7.80. The zero-order chi connectivity index (χ0) is 19.6. The van der Waals surface area contributed by atoms with Crippen molar-refractivity contribution in [1.82, 2.24) is 9.97 Å². The molecule has 10 heteroatoms. The van der Waals surface area contributed by atoms with Gasteiger partial charge in [0.2, 0.25) is 5.91 Å². The molecule has 0 saturated carbocycles. The molecular weight excluding hydrogens is 390 g/mol. The fourth-order valence-electron chi connectivity index (χ4n) is 2.35. The van der Waals surface area contributed by atoms with Crippen LogP contribution in [-0.2, 0) is 4.79 Å². The van der Waals surface area contributed by atoms with E-state index in [1.54, 1.807) is 31.2 Å². The molecule has 1 aromatic carbocycles. The molecule has 0 radical (unpaired) electrons. The first-order chi connectivity index (χ1) is 12.9. The van der Waals surface area contributed by atoms with Crippen molar-refractivity contribution in [3.05, 3.63) is 45.6 Å². The highest BCUT2D eigenvalue weighted by molar-refractivity contribution is 8.00. The van der Waals surface area contributed by atoms with Gasteiger partial charge in [-0.25, -0.2) is 9.78 Å². The lowest BCUT2D eigenvalue weighted by Gasteiger charge is -2.13. The molecule has 0 aliphatic heterocycles. The van der Waals surface area contributed by atoms with Gasteiger partial charge in [-0.1, -0.05) is 23.9 Å². The third-order valence-corrected chi connectivity index (χ3v) is 5.53. The number of hydrogen-bond donors (Lipinski definition) is 3. The van der Waals surface area contributed by atoms with Crippen molar-refractivity contribution < 1.29 is 19.4 Å². The number of rotatable bonds is 6. The summed E-state index contributed by atoms with van der Waals surface area (Å²) in [6.07, 6.45) is 0. The highest BCUT2D eigenvalue weighted by Gasteiger charge is 2.20. The summed E-state index contributed by atoms with van der Waals surface area (Å²) in [6.45, 7) is 1.68. The van der Waals surface area contributed by atoms with Gasteiger partial charge in [-0.3, -0.25) is 9.59 Å². The number of nitrogens with zero attached hydrogens (tertiary/aromatic N) is 1. The summed E-state index contributed by atoms with van der Waals surface area (Å²) in [5.41, 5.74) is -0.0838. The Balaban J connectivity index is 1.79. The average molecular weight is 405 g/mol. The van der Waals surface area contributed by atoms with Gasteiger partial charge in [-0.15, -0.1) is 11.3 Å². The molecule has 1 unspecified atom stereocenters. The number of methoxy groups -OCH3 is 1. The quantitative estimate of drug-likeness (QED) is 0.426. The van der Waals surface area contributed by atoms with Gasteiger partial charge in [0.25, 0.3) is 5.56 Å². The molecule has 2 heterocycles. The first-order valence-corrected chi connectivity index (χ1v) is 9.52. The molecule has 8 nitrogen and oxygen atoms in total. The number of carboxylic acid groups (broad SMARTS) is 1. The molecule has 2 aromatic heterocycles. The van der Waals surface area contributed by atoms with Crippen molar-refractivity contribution in [3.8, 4) is 5.75 Å². The maximum absolute atomic E-state index is 12.4. The number of thioether (sulfide) groups is 1. The van der Waals surface area contributed by atoms with Crippen molar-refractivity contribution in [1.29, 1.82) is 0 Å². The Morgan fingerprint density at radius 1 is 1.37 bits per heavy atom. The van der Waals surface area contributed by atoms with Gasteiger partial charge in [0.05, 0.1) is 29.0 Å². The van der Waals surface area contributed by atoms with E-state index in [1.165, 1.54) is 12.5 Å². The molecule has 0 aliphatic carbocycles. The van der Waals surface area contributed by atoms with Crippen molar-refractivity contribution in [2.24, 2.45) is 0 Å². The van der Waals surface area contributed by atoms with E-state index >= 15 is 0 Å². The van der Waals surface area contributed by atoms with E-state index in [9.17, 15) is 14.4 Å². The third-order valence-electron chi connectivity index (χ3n) is 3.68. The van der Waals surface area contributed by atoms with Crippen LogP contribution in [0, 0.1) is 0 Å². The van der Waals surface area contributed by atoms with E-state index in [0.29, 0.717) is 16.3 Å². The summed E-state index contributed by atoms with van der Waals surface area (Å²) < 4.78 is 5.20. The zero-order valence-corrected chi connectivity index (χ0v) is 15.9. The number of carbonyl (C=O) groups is 2. The fraction of sp³-hybridized carbons (Fsp3) is 0.176. The fourth-order valence-corrected chi connectivity index (χ4v) is 4.11. The van der Waals surface area contributed by atoms with Gasteiger partial charge in [0.1, 0.15) is 10.6 Å². The molecule has 1 atom stereocenters. The van der Waals surface area contributed by atoms with Crippen molar-refractivity contribution in [2.45, 2.75) is 17.3 Å². The van der Waals surface area contributed by atoms with Crippen molar-refractivity contribution >= 4 is 50.9 Å². The van der Waals surface area contributed by atoms with E-state index < -0.39 is 16.8 Å². The summed E-state index contributed by atoms with van der Waals surface area (Å²) >= 11 is 2.14. The number of para-hydroxylation sites is 2. The molecule has 0 fully saturated rings. The number of thiophene rings is 1. The Hall–Kier alpha value is -2.85. The van der Waals surface area contributed by atoms with Gasteiger partial charge in [0.15, 0.2) is 5.16 Å². The average Bonchev–Trinajstić information content (AvgIpc) is 3.07. The number of aromatic amines is 1. The lowest BCUT2D eigenvalue weighted by molar-refractivity contribution is -0.115. The molecular formula is C17H15N3O5S2. The van der Waals surface area contributed by atoms with Crippen LogP contribution in [0.3, 0.4) is 0 Å². The van der Waals surface area contributed by atoms with E-state index in [-0.39, 0.29) is 22.0 Å². The number of fused-ring (bicyclic) bond motifs is 1. The number of amides is 1. The summed E-state index contributed by atoms with van der Waals surface area (Å²) in [5, 5.41) is 13.0. The summed E-state index contributed by atoms with van der Waals surface area (Å²) in [6, 6.07) is 7.03. The monoisotopic (exact) mass is 405 g/mol. The minimum absolute atomic E-state index is 0.0444. The number of carboxylic acids is 1. The van der Waals surface area contributed by atoms with Crippen LogP contribution in [0.2, 0.25) is 0 Å². The van der Waals surface area contributed by atoms with Crippen LogP contribution < -0.4 is 15.6 Å². The number of carbonyl (C=O) groups excluding carboxylic acids is 1. The summed E-state index contributed by atoms with van der Waals surface area (Å²) in [4.78, 5) is 43.0. The van der Waals surface area contributed by atoms with Gasteiger partial charge in [-0.05, 0) is 19.1 Å². The number of benzene rings is 1. The first-order valence-electron chi connectivity index (χ1n) is 7.76. The Kier molecular flexibility index (Phi) is 5.47. The van der Waals surface area contributed by atoms with Gasteiger partial charge >= 0.3 is 5.97 Å². The Labute approximate surface area is 161 Å². The molecule has 0 saturated heterocycles. The maximum Gasteiger partial charge on any atom is 0.337 e. The molecule has 140 valence electrons. The Bertz CT molecular complexity index is 1080. The predicted octanol–water partition coefficient (Wildman–Crippen LogP) is 2.81. The van der Waals surface area contributed by atoms with E-state index in [4.69, 9.17) is 9.84 Å². The molecule has 0 spiro atoms. The SMILES string of the molecule is COc1ccccc1NC(=O)C(C)Sc1nc2scc(C(=O)O)c2c(=O)[nH]1. The lowest BCUT2D eigenvalue weighted by Crippen LogP contribution is -2.23. The van der Waals surface area contributed by atoms with E-state index in [2.05, 4.69) is 15.3 Å². The second-order valence-electron chi connectivity index (χ2n) is 5.46. The van der Waals surface area contributed by atoms with E-state index in [1.807, 2.05) is 0 Å². The van der Waals surface area contributed by atoms with Gasteiger partial charge in [0, 0.05) is 5.38 Å². The summed E-state index contributed by atoms with van der Waals surface area (Å²) in [7, 11) is 1.51. The smallest absolute Gasteiger partial charge is 0.337 e. The molecule has 3 rings (SSSR count). The minimum Gasteiger partial charge on any atom is -0.495 e. The Morgan fingerprint density at radius 2 is 2.11 bits per heavy atom. The molecule has 3 N–H and O–H groups in total. The van der Waals surface area contributed by atoms with E-state index in [0.717, 1.165) is 23.1 Å². The highest BCUT2D eigenvalue weighted by atomic mass is 32.2. The molecule has 0 aliphatic rings. The molecule has 27 heavy (non-hydrogen) atoms. The van der Waals surface area contributed by atoms with Gasteiger partial charge < -0.3 is 20.1 Å². The lowest BCUT2D eigenvalue weighted by atomic mass is 10.2. The van der Waals surface area contributed by atoms with Crippen LogP contribution in [0.25, 0.3) is 10.2 Å². The number of H-pyrrole nitrogens is 1. The van der Waals surface area contributed by atoms with Gasteiger partial charge in [-0.2, -0.15) is 0 Å². The van der Waals surface area contributed by atoms with Crippen molar-refractivity contribution in [2.75, 3.05) is 12.4 Å². The van der Waals surface area contributed by atoms with Crippen LogP contribution in [0.4, 0.5) is 5.69 Å². The topological polar surface area (TPSA) is 121 Å². The maximum atomic E-state index is 12.4. The number of nitrogens with one attached hydrogen (secondary N) is 2. The zero-order valence-electron chi connectivity index (χ0n) is 14.3. The first kappa shape index (κ1) is 18.9. The molecule has 1 amide bonds. The van der Waals surface area contributed by atoms with Crippen LogP contribution in [-0.4, -0.2) is 39.3 Å². The largest absolute Gasteiger partial charge is 0.495 e. The third kappa shape index (κ3) is 3.96. The standard InChI is InChI=1S/C17H15N3O5S2/c1-8(13(21)18-10-5-3-4-6-11(10)25-2)27-17-19-14(22)12-9(16(23)24)7-26-15(12)20-17/h3-8H,1-2H3,(H,18,21)(H,23,24)(H,19,20,22). The van der Waals surface area contributed by atoms with Crippen LogP contribution in [0.1, 0.15) is 17.3 Å². The Morgan fingerprint density at radius 3 is 2.81 bits per heavy atom. The second-order valence-corrected chi connectivity index (χ2v) is 7.64. The predicted molar refractivity (Wildman–Crippen MR) is 104 cm³/mol. The molecule has 3 aromatic rings. The van der Waals surface area contributed by atoms with Crippen LogP contribution in [0.15, 0.2) is 39.6 Å². The number of anilines is 1. The number of hydrogen-bond acceptors (Lipinski definition) is 7. The van der Waals surface area contributed by atoms with Crippen LogP contribution in [0.5, 0.6) is 5.75 Å². The number of aromatic nitrogens is 2. The molecule has 0 bridgehead atoms. The van der Waals surface area contributed by atoms with Crippen LogP contribution >= 0.6 is 23.1 Å². The highest BCUT2D eigenvalue weighted by Crippen LogP contribution is 2.27. The number of aromatic carboxylic acids is 1. The number of ether oxygens (including phenoxy) is 1. The normalized spacial score (nSPS) is 11.9. The summed E-state index contributed by atoms with van der Waals surface area (Å²) in [5.74, 6) is -0.932. The minimum atomic E-state index is -1.18.